The van der Waals surface area contributed by atoms with Crippen molar-refractivity contribution >= 4 is 17.3 Å². The van der Waals surface area contributed by atoms with Crippen molar-refractivity contribution in [3.05, 3.63) is 22.4 Å². The van der Waals surface area contributed by atoms with Gasteiger partial charge in [-0.3, -0.25) is 4.99 Å². The normalized spacial score (nSPS) is 18.5. The number of rotatable bonds is 8. The molecule has 2 N–H and O–H groups in total. The number of hydrogen-bond acceptors (Lipinski definition) is 3. The van der Waals surface area contributed by atoms with Crippen molar-refractivity contribution in [2.45, 2.75) is 45.4 Å². The van der Waals surface area contributed by atoms with Crippen LogP contribution in [0.15, 0.2) is 21.8 Å². The second-order valence-electron chi connectivity index (χ2n) is 7.07. The van der Waals surface area contributed by atoms with E-state index in [0.717, 1.165) is 25.0 Å². The van der Waals surface area contributed by atoms with Crippen LogP contribution in [0.3, 0.4) is 0 Å². The Balaban J connectivity index is 1.53. The minimum Gasteiger partial charge on any atom is -0.356 e. The molecule has 4 nitrogen and oxygen atoms in total. The van der Waals surface area contributed by atoms with Gasteiger partial charge >= 0.3 is 0 Å². The molecule has 0 bridgehead atoms. The van der Waals surface area contributed by atoms with E-state index < -0.39 is 0 Å². The van der Waals surface area contributed by atoms with Gasteiger partial charge in [0.15, 0.2) is 5.96 Å². The molecule has 136 valence electrons. The Morgan fingerprint density at radius 2 is 2.12 bits per heavy atom. The third-order valence-electron chi connectivity index (χ3n) is 4.98. The Hall–Kier alpha value is -1.07. The van der Waals surface area contributed by atoms with Crippen LogP contribution >= 0.6 is 11.3 Å². The van der Waals surface area contributed by atoms with Gasteiger partial charge in [-0.05, 0) is 79.5 Å². The van der Waals surface area contributed by atoms with Crippen molar-refractivity contribution in [1.29, 1.82) is 0 Å². The lowest BCUT2D eigenvalue weighted by Gasteiger charge is -2.30. The molecule has 0 saturated carbocycles. The van der Waals surface area contributed by atoms with E-state index >= 15 is 0 Å². The summed E-state index contributed by atoms with van der Waals surface area (Å²) in [5.74, 6) is 2.36. The lowest BCUT2D eigenvalue weighted by atomic mass is 9.99. The maximum atomic E-state index is 4.32. The van der Waals surface area contributed by atoms with Crippen LogP contribution in [0.1, 0.15) is 51.0 Å². The Labute approximate surface area is 151 Å². The molecule has 0 radical (unpaired) electrons. The summed E-state index contributed by atoms with van der Waals surface area (Å²) in [4.78, 5) is 6.94. The molecular formula is C19H34N4S. The maximum Gasteiger partial charge on any atom is 0.190 e. The largest absolute Gasteiger partial charge is 0.356 e. The highest BCUT2D eigenvalue weighted by Crippen LogP contribution is 2.17. The predicted molar refractivity (Wildman–Crippen MR) is 106 cm³/mol. The van der Waals surface area contributed by atoms with Crippen LogP contribution in [0.2, 0.25) is 0 Å². The topological polar surface area (TPSA) is 39.7 Å². The third kappa shape index (κ3) is 6.81. The number of nitrogens with one attached hydrogen (secondary N) is 2. The number of thiophene rings is 1. The SMILES string of the molecule is CN=C(NCCCCN1CCC(C)CC1)NCC(C)c1ccsc1. The molecular weight excluding hydrogens is 316 g/mol. The molecule has 1 aromatic heterocycles. The van der Waals surface area contributed by atoms with E-state index in [4.69, 9.17) is 0 Å². The van der Waals surface area contributed by atoms with Gasteiger partial charge in [0.2, 0.25) is 0 Å². The van der Waals surface area contributed by atoms with Crippen LogP contribution in [0.4, 0.5) is 0 Å². The first-order valence-corrected chi connectivity index (χ1v) is 10.3. The molecule has 0 spiro atoms. The number of nitrogens with zero attached hydrogens (tertiary/aromatic N) is 2. The molecule has 1 aliphatic rings. The summed E-state index contributed by atoms with van der Waals surface area (Å²) in [7, 11) is 1.85. The summed E-state index contributed by atoms with van der Waals surface area (Å²) < 4.78 is 0. The zero-order valence-electron chi connectivity index (χ0n) is 15.6. The van der Waals surface area contributed by atoms with Gasteiger partial charge in [-0.15, -0.1) is 0 Å². The van der Waals surface area contributed by atoms with Crippen molar-refractivity contribution in [2.24, 2.45) is 10.9 Å². The van der Waals surface area contributed by atoms with E-state index in [1.54, 1.807) is 11.3 Å². The van der Waals surface area contributed by atoms with Crippen LogP contribution in [-0.4, -0.2) is 50.6 Å². The number of piperidine rings is 1. The summed E-state index contributed by atoms with van der Waals surface area (Å²) in [5, 5.41) is 11.2. The van der Waals surface area contributed by atoms with E-state index in [9.17, 15) is 0 Å². The van der Waals surface area contributed by atoms with E-state index in [2.05, 4.69) is 51.2 Å². The van der Waals surface area contributed by atoms with E-state index in [1.807, 2.05) is 7.05 Å². The molecule has 2 heterocycles. The zero-order chi connectivity index (χ0) is 17.2. The molecule has 0 aromatic carbocycles. The standard InChI is InChI=1S/C19H34N4S/c1-16-6-11-23(12-7-16)10-5-4-9-21-19(20-3)22-14-17(2)18-8-13-24-15-18/h8,13,15-17H,4-7,9-12,14H2,1-3H3,(H2,20,21,22). The van der Waals surface area contributed by atoms with Gasteiger partial charge in [-0.1, -0.05) is 13.8 Å². The fourth-order valence-electron chi connectivity index (χ4n) is 3.10. The van der Waals surface area contributed by atoms with Gasteiger partial charge in [0.1, 0.15) is 0 Å². The molecule has 1 atom stereocenters. The third-order valence-corrected chi connectivity index (χ3v) is 5.68. The smallest absolute Gasteiger partial charge is 0.190 e. The number of likely N-dealkylation sites (tertiary alicyclic amines) is 1. The van der Waals surface area contributed by atoms with Crippen molar-refractivity contribution < 1.29 is 0 Å². The van der Waals surface area contributed by atoms with Gasteiger partial charge in [0.25, 0.3) is 0 Å². The second-order valence-corrected chi connectivity index (χ2v) is 7.85. The summed E-state index contributed by atoms with van der Waals surface area (Å²) in [5.41, 5.74) is 1.40. The number of hydrogen-bond donors (Lipinski definition) is 2. The lowest BCUT2D eigenvalue weighted by Crippen LogP contribution is -2.39. The highest BCUT2D eigenvalue weighted by molar-refractivity contribution is 7.07. The van der Waals surface area contributed by atoms with Crippen molar-refractivity contribution in [3.63, 3.8) is 0 Å². The van der Waals surface area contributed by atoms with Crippen LogP contribution in [-0.2, 0) is 0 Å². The van der Waals surface area contributed by atoms with Crippen molar-refractivity contribution in [2.75, 3.05) is 39.8 Å². The average Bonchev–Trinajstić information content (AvgIpc) is 3.13. The van der Waals surface area contributed by atoms with E-state index in [-0.39, 0.29) is 0 Å². The number of guanidine groups is 1. The molecule has 1 aromatic rings. The summed E-state index contributed by atoms with van der Waals surface area (Å²) >= 11 is 1.76. The first-order chi connectivity index (χ1) is 11.7. The average molecular weight is 351 g/mol. The first-order valence-electron chi connectivity index (χ1n) is 9.38. The maximum absolute atomic E-state index is 4.32. The van der Waals surface area contributed by atoms with Crippen molar-refractivity contribution in [1.82, 2.24) is 15.5 Å². The summed E-state index contributed by atoms with van der Waals surface area (Å²) in [6, 6.07) is 2.20. The molecule has 1 fully saturated rings. The van der Waals surface area contributed by atoms with Crippen LogP contribution < -0.4 is 10.6 Å². The Kier molecular flexibility index (Phi) is 8.60. The molecule has 0 aliphatic carbocycles. The monoisotopic (exact) mass is 350 g/mol. The van der Waals surface area contributed by atoms with Gasteiger partial charge < -0.3 is 15.5 Å². The van der Waals surface area contributed by atoms with Crippen LogP contribution in [0.25, 0.3) is 0 Å². The molecule has 5 heteroatoms. The quantitative estimate of drug-likeness (QED) is 0.428. The molecule has 1 saturated heterocycles. The minimum absolute atomic E-state index is 0.510. The fourth-order valence-corrected chi connectivity index (χ4v) is 3.88. The number of unbranched alkanes of at least 4 members (excludes halogenated alkanes) is 1. The van der Waals surface area contributed by atoms with Gasteiger partial charge in [0, 0.05) is 20.1 Å². The van der Waals surface area contributed by atoms with Gasteiger partial charge in [-0.2, -0.15) is 11.3 Å². The number of aliphatic imine (C=N–C) groups is 1. The molecule has 2 rings (SSSR count). The lowest BCUT2D eigenvalue weighted by molar-refractivity contribution is 0.189. The minimum atomic E-state index is 0.510. The van der Waals surface area contributed by atoms with Crippen LogP contribution in [0, 0.1) is 5.92 Å². The van der Waals surface area contributed by atoms with E-state index in [0.29, 0.717) is 5.92 Å². The Morgan fingerprint density at radius 1 is 1.33 bits per heavy atom. The highest BCUT2D eigenvalue weighted by atomic mass is 32.1. The van der Waals surface area contributed by atoms with Crippen molar-refractivity contribution in [3.8, 4) is 0 Å². The van der Waals surface area contributed by atoms with Gasteiger partial charge in [-0.25, -0.2) is 0 Å². The van der Waals surface area contributed by atoms with Crippen LogP contribution in [0.5, 0.6) is 0 Å². The van der Waals surface area contributed by atoms with Gasteiger partial charge in [0.05, 0.1) is 0 Å². The van der Waals surface area contributed by atoms with E-state index in [1.165, 1.54) is 50.9 Å². The summed E-state index contributed by atoms with van der Waals surface area (Å²) in [6.45, 7) is 10.4. The summed E-state index contributed by atoms with van der Waals surface area (Å²) in [6.07, 6.45) is 5.21. The molecule has 1 unspecified atom stereocenters. The second kappa shape index (κ2) is 10.7. The molecule has 24 heavy (non-hydrogen) atoms. The predicted octanol–water partition coefficient (Wildman–Crippen LogP) is 3.53. The first kappa shape index (κ1) is 19.3. The molecule has 0 amide bonds. The highest BCUT2D eigenvalue weighted by Gasteiger charge is 2.14. The molecule has 1 aliphatic heterocycles. The Morgan fingerprint density at radius 3 is 2.79 bits per heavy atom. The zero-order valence-corrected chi connectivity index (χ0v) is 16.4. The Bertz CT molecular complexity index is 464. The fraction of sp³-hybridized carbons (Fsp3) is 0.737.